The lowest BCUT2D eigenvalue weighted by atomic mass is 9.92. The first-order chi connectivity index (χ1) is 9.15. The van der Waals surface area contributed by atoms with E-state index < -0.39 is 0 Å². The van der Waals surface area contributed by atoms with Crippen molar-refractivity contribution in [3.05, 3.63) is 22.6 Å². The van der Waals surface area contributed by atoms with E-state index in [1.807, 2.05) is 13.0 Å². The third-order valence-corrected chi connectivity index (χ3v) is 3.81. The van der Waals surface area contributed by atoms with E-state index >= 15 is 0 Å². The van der Waals surface area contributed by atoms with Crippen LogP contribution in [0.1, 0.15) is 19.8 Å². The largest absolute Gasteiger partial charge is 0.393 e. The number of piperidine rings is 1. The Bertz CT molecular complexity index is 624. The lowest BCUT2D eigenvalue weighted by Crippen LogP contribution is -2.37. The van der Waals surface area contributed by atoms with Gasteiger partial charge in [0, 0.05) is 13.1 Å². The SMILES string of the molecule is CC(O)C1CCN(c2ccc3n[nH]c(=O)n3n2)CC1. The molecule has 0 amide bonds. The van der Waals surface area contributed by atoms with Crippen molar-refractivity contribution in [2.24, 2.45) is 5.92 Å². The monoisotopic (exact) mass is 263 g/mol. The van der Waals surface area contributed by atoms with Gasteiger partial charge in [-0.15, -0.1) is 5.10 Å². The van der Waals surface area contributed by atoms with E-state index in [-0.39, 0.29) is 11.8 Å². The fraction of sp³-hybridized carbons (Fsp3) is 0.583. The molecule has 2 N–H and O–H groups in total. The van der Waals surface area contributed by atoms with Gasteiger partial charge in [0.15, 0.2) is 5.65 Å². The minimum atomic E-state index is -0.323. The number of hydrogen-bond donors (Lipinski definition) is 2. The minimum absolute atomic E-state index is 0.255. The summed E-state index contributed by atoms with van der Waals surface area (Å²) in [5.41, 5.74) is 0.198. The Morgan fingerprint density at radius 3 is 2.84 bits per heavy atom. The topological polar surface area (TPSA) is 86.5 Å². The highest BCUT2D eigenvalue weighted by Crippen LogP contribution is 2.23. The fourth-order valence-corrected chi connectivity index (χ4v) is 2.57. The summed E-state index contributed by atoms with van der Waals surface area (Å²) in [4.78, 5) is 13.6. The van der Waals surface area contributed by atoms with E-state index in [4.69, 9.17) is 0 Å². The number of aliphatic hydroxyl groups is 1. The van der Waals surface area contributed by atoms with Gasteiger partial charge in [-0.05, 0) is 37.8 Å². The normalized spacial score (nSPS) is 18.9. The highest BCUT2D eigenvalue weighted by Gasteiger charge is 2.23. The van der Waals surface area contributed by atoms with E-state index in [0.717, 1.165) is 31.7 Å². The second kappa shape index (κ2) is 4.65. The first-order valence-electron chi connectivity index (χ1n) is 6.52. The van der Waals surface area contributed by atoms with Crippen LogP contribution in [0.25, 0.3) is 5.65 Å². The number of H-pyrrole nitrogens is 1. The molecule has 0 aliphatic carbocycles. The van der Waals surface area contributed by atoms with Gasteiger partial charge in [0.25, 0.3) is 0 Å². The van der Waals surface area contributed by atoms with Crippen LogP contribution in [0.2, 0.25) is 0 Å². The molecule has 3 rings (SSSR count). The molecule has 1 aliphatic rings. The Labute approximate surface area is 109 Å². The van der Waals surface area contributed by atoms with Crippen LogP contribution in [0.3, 0.4) is 0 Å². The molecule has 0 aromatic carbocycles. The zero-order chi connectivity index (χ0) is 13.4. The van der Waals surface area contributed by atoms with Crippen molar-refractivity contribution in [3.8, 4) is 0 Å². The molecule has 0 saturated carbocycles. The van der Waals surface area contributed by atoms with Crippen LogP contribution < -0.4 is 10.6 Å². The summed E-state index contributed by atoms with van der Waals surface area (Å²) in [6, 6.07) is 3.65. The summed E-state index contributed by atoms with van der Waals surface area (Å²) in [5, 5.41) is 20.1. The number of aliphatic hydroxyl groups excluding tert-OH is 1. The molecule has 102 valence electrons. The van der Waals surface area contributed by atoms with Crippen LogP contribution in [0.5, 0.6) is 0 Å². The van der Waals surface area contributed by atoms with Gasteiger partial charge >= 0.3 is 5.69 Å². The molecule has 1 atom stereocenters. The van der Waals surface area contributed by atoms with Crippen molar-refractivity contribution in [2.45, 2.75) is 25.9 Å². The standard InChI is InChI=1S/C12H17N5O2/c1-8(18)9-4-6-16(7-5-9)11-3-2-10-13-14-12(19)17(10)15-11/h2-3,8-9,18H,4-7H2,1H3,(H,14,19). The zero-order valence-electron chi connectivity index (χ0n) is 10.8. The van der Waals surface area contributed by atoms with Crippen molar-refractivity contribution in [1.82, 2.24) is 19.8 Å². The van der Waals surface area contributed by atoms with E-state index in [2.05, 4.69) is 20.2 Å². The van der Waals surface area contributed by atoms with Gasteiger partial charge in [0.1, 0.15) is 5.82 Å². The predicted molar refractivity (Wildman–Crippen MR) is 70.2 cm³/mol. The maximum Gasteiger partial charge on any atom is 0.364 e. The number of rotatable bonds is 2. The third-order valence-electron chi connectivity index (χ3n) is 3.81. The molecule has 7 nitrogen and oxygen atoms in total. The quantitative estimate of drug-likeness (QED) is 0.797. The second-order valence-electron chi connectivity index (χ2n) is 5.06. The summed E-state index contributed by atoms with van der Waals surface area (Å²) in [5.74, 6) is 1.14. The maximum absolute atomic E-state index is 11.5. The van der Waals surface area contributed by atoms with Gasteiger partial charge in [0.05, 0.1) is 6.10 Å². The van der Waals surface area contributed by atoms with Gasteiger partial charge in [-0.2, -0.15) is 9.61 Å². The Morgan fingerprint density at radius 2 is 2.16 bits per heavy atom. The molecule has 1 aliphatic heterocycles. The zero-order valence-corrected chi connectivity index (χ0v) is 10.8. The Hall–Kier alpha value is -1.89. The van der Waals surface area contributed by atoms with Gasteiger partial charge < -0.3 is 10.0 Å². The molecule has 0 radical (unpaired) electrons. The van der Waals surface area contributed by atoms with Gasteiger partial charge in [-0.3, -0.25) is 0 Å². The van der Waals surface area contributed by atoms with Crippen molar-refractivity contribution < 1.29 is 5.11 Å². The Balaban J connectivity index is 1.81. The van der Waals surface area contributed by atoms with Crippen LogP contribution in [-0.4, -0.2) is 44.1 Å². The number of aromatic amines is 1. The summed E-state index contributed by atoms with van der Waals surface area (Å²) in [7, 11) is 0. The smallest absolute Gasteiger partial charge is 0.364 e. The van der Waals surface area contributed by atoms with Crippen molar-refractivity contribution in [1.29, 1.82) is 0 Å². The average Bonchev–Trinajstić information content (AvgIpc) is 2.80. The molecule has 3 heterocycles. The number of anilines is 1. The second-order valence-corrected chi connectivity index (χ2v) is 5.06. The summed E-state index contributed by atoms with van der Waals surface area (Å²) < 4.78 is 1.27. The van der Waals surface area contributed by atoms with Crippen LogP contribution in [-0.2, 0) is 0 Å². The highest BCUT2D eigenvalue weighted by molar-refractivity contribution is 5.45. The highest BCUT2D eigenvalue weighted by atomic mass is 16.3. The molecule has 0 spiro atoms. The van der Waals surface area contributed by atoms with Crippen molar-refractivity contribution in [3.63, 3.8) is 0 Å². The van der Waals surface area contributed by atoms with Crippen LogP contribution in [0.15, 0.2) is 16.9 Å². The van der Waals surface area contributed by atoms with E-state index in [9.17, 15) is 9.90 Å². The molecule has 1 saturated heterocycles. The lowest BCUT2D eigenvalue weighted by Gasteiger charge is -2.33. The molecule has 2 aromatic heterocycles. The number of nitrogens with one attached hydrogen (secondary N) is 1. The van der Waals surface area contributed by atoms with Crippen molar-refractivity contribution >= 4 is 11.5 Å². The number of hydrogen-bond acceptors (Lipinski definition) is 5. The van der Waals surface area contributed by atoms with Crippen molar-refractivity contribution in [2.75, 3.05) is 18.0 Å². The maximum atomic E-state index is 11.5. The predicted octanol–water partition coefficient (Wildman–Crippen LogP) is 0.0148. The van der Waals surface area contributed by atoms with Crippen LogP contribution >= 0.6 is 0 Å². The molecule has 2 aromatic rings. The Kier molecular flexibility index (Phi) is 2.98. The Morgan fingerprint density at radius 1 is 1.42 bits per heavy atom. The molecule has 0 bridgehead atoms. The third kappa shape index (κ3) is 2.21. The van der Waals surface area contributed by atoms with Crippen LogP contribution in [0.4, 0.5) is 5.82 Å². The number of aromatic nitrogens is 4. The summed E-state index contributed by atoms with van der Waals surface area (Å²) >= 11 is 0. The average molecular weight is 263 g/mol. The number of fused-ring (bicyclic) bond motifs is 1. The van der Waals surface area contributed by atoms with E-state index in [1.54, 1.807) is 6.07 Å². The lowest BCUT2D eigenvalue weighted by molar-refractivity contribution is 0.109. The van der Waals surface area contributed by atoms with E-state index in [0.29, 0.717) is 11.6 Å². The number of nitrogens with zero attached hydrogens (tertiary/aromatic N) is 4. The first kappa shape index (κ1) is 12.2. The van der Waals surface area contributed by atoms with E-state index in [1.165, 1.54) is 4.52 Å². The summed E-state index contributed by atoms with van der Waals surface area (Å²) in [6.07, 6.45) is 1.63. The molecule has 1 unspecified atom stereocenters. The minimum Gasteiger partial charge on any atom is -0.393 e. The molecule has 1 fully saturated rings. The molecule has 7 heteroatoms. The molecular formula is C12H17N5O2. The fourth-order valence-electron chi connectivity index (χ4n) is 2.57. The molecule has 19 heavy (non-hydrogen) atoms. The van der Waals surface area contributed by atoms with Gasteiger partial charge in [-0.1, -0.05) is 0 Å². The van der Waals surface area contributed by atoms with Gasteiger partial charge in [0.2, 0.25) is 0 Å². The van der Waals surface area contributed by atoms with Crippen LogP contribution in [0, 0.1) is 5.92 Å². The summed E-state index contributed by atoms with van der Waals surface area (Å²) in [6.45, 7) is 3.54. The molecular weight excluding hydrogens is 246 g/mol. The first-order valence-corrected chi connectivity index (χ1v) is 6.52. The van der Waals surface area contributed by atoms with Gasteiger partial charge in [-0.25, -0.2) is 9.89 Å².